The van der Waals surface area contributed by atoms with Crippen LogP contribution in [0.5, 0.6) is 0 Å². The van der Waals surface area contributed by atoms with Gasteiger partial charge in [-0.25, -0.2) is 0 Å². The number of nitrogens with zero attached hydrogens (tertiary/aromatic N) is 2. The number of nitrogens with one attached hydrogen (secondary N) is 2. The van der Waals surface area contributed by atoms with Crippen LogP contribution in [-0.4, -0.2) is 31.1 Å². The topological polar surface area (TPSA) is 117 Å². The Hall–Kier alpha value is -2.63. The number of nitro groups is 1. The SMILES string of the molecule is COCCNC(=O)/C(C#N)=C\Nc1cc([N+](=O)[O-])ccc1Cl. The van der Waals surface area contributed by atoms with Crippen molar-refractivity contribution in [3.8, 4) is 6.07 Å². The number of halogens is 1. The smallest absolute Gasteiger partial charge is 0.271 e. The van der Waals surface area contributed by atoms with E-state index < -0.39 is 10.8 Å². The van der Waals surface area contributed by atoms with Crippen molar-refractivity contribution < 1.29 is 14.5 Å². The quantitative estimate of drug-likeness (QED) is 0.260. The van der Waals surface area contributed by atoms with Crippen LogP contribution in [0.1, 0.15) is 0 Å². The average molecular weight is 325 g/mol. The number of carbonyl (C=O) groups is 1. The summed E-state index contributed by atoms with van der Waals surface area (Å²) in [5, 5.41) is 25.0. The Balaban J connectivity index is 2.84. The van der Waals surface area contributed by atoms with Crippen molar-refractivity contribution in [3.05, 3.63) is 45.1 Å². The Morgan fingerprint density at radius 1 is 1.59 bits per heavy atom. The second-order valence-corrected chi connectivity index (χ2v) is 4.39. The van der Waals surface area contributed by atoms with Crippen molar-refractivity contribution in [1.29, 1.82) is 5.26 Å². The maximum atomic E-state index is 11.7. The zero-order chi connectivity index (χ0) is 16.5. The van der Waals surface area contributed by atoms with Crippen molar-refractivity contribution in [1.82, 2.24) is 5.32 Å². The lowest BCUT2D eigenvalue weighted by Gasteiger charge is -2.06. The van der Waals surface area contributed by atoms with Crippen molar-refractivity contribution >= 4 is 28.9 Å². The summed E-state index contributed by atoms with van der Waals surface area (Å²) >= 11 is 5.90. The van der Waals surface area contributed by atoms with Crippen molar-refractivity contribution in [2.75, 3.05) is 25.6 Å². The summed E-state index contributed by atoms with van der Waals surface area (Å²) < 4.78 is 4.77. The van der Waals surface area contributed by atoms with Gasteiger partial charge in [0.1, 0.15) is 11.6 Å². The third kappa shape index (κ3) is 5.05. The molecule has 0 aliphatic carbocycles. The lowest BCUT2D eigenvalue weighted by atomic mass is 10.2. The third-order valence-corrected chi connectivity index (χ3v) is 2.82. The van der Waals surface area contributed by atoms with Gasteiger partial charge in [0.25, 0.3) is 11.6 Å². The third-order valence-electron chi connectivity index (χ3n) is 2.49. The number of benzene rings is 1. The highest BCUT2D eigenvalue weighted by atomic mass is 35.5. The number of carbonyl (C=O) groups excluding carboxylic acids is 1. The van der Waals surface area contributed by atoms with Gasteiger partial charge in [-0.2, -0.15) is 5.26 Å². The Labute approximate surface area is 131 Å². The molecule has 9 heteroatoms. The first kappa shape index (κ1) is 17.4. The highest BCUT2D eigenvalue weighted by Crippen LogP contribution is 2.26. The van der Waals surface area contributed by atoms with Crippen LogP contribution >= 0.6 is 11.6 Å². The van der Waals surface area contributed by atoms with E-state index >= 15 is 0 Å². The van der Waals surface area contributed by atoms with Crippen LogP contribution in [0.2, 0.25) is 5.02 Å². The molecule has 22 heavy (non-hydrogen) atoms. The zero-order valence-corrected chi connectivity index (χ0v) is 12.4. The molecule has 0 atom stereocenters. The van der Waals surface area contributed by atoms with Gasteiger partial charge in [-0.05, 0) is 6.07 Å². The highest BCUT2D eigenvalue weighted by Gasteiger charge is 2.11. The van der Waals surface area contributed by atoms with E-state index in [0.29, 0.717) is 6.61 Å². The summed E-state index contributed by atoms with van der Waals surface area (Å²) in [6.45, 7) is 0.570. The van der Waals surface area contributed by atoms with Crippen molar-refractivity contribution in [2.45, 2.75) is 0 Å². The van der Waals surface area contributed by atoms with E-state index in [0.717, 1.165) is 6.20 Å². The maximum Gasteiger partial charge on any atom is 0.271 e. The summed E-state index contributed by atoms with van der Waals surface area (Å²) in [5.74, 6) is -0.589. The fraction of sp³-hybridized carbons (Fsp3) is 0.231. The van der Waals surface area contributed by atoms with Gasteiger partial charge in [0.05, 0.1) is 22.2 Å². The van der Waals surface area contributed by atoms with E-state index in [2.05, 4.69) is 10.6 Å². The molecule has 0 fully saturated rings. The van der Waals surface area contributed by atoms with Gasteiger partial charge in [-0.15, -0.1) is 0 Å². The monoisotopic (exact) mass is 324 g/mol. The Kier molecular flexibility index (Phi) is 6.82. The van der Waals surface area contributed by atoms with Gasteiger partial charge in [-0.3, -0.25) is 14.9 Å². The Bertz CT molecular complexity index is 639. The van der Waals surface area contributed by atoms with Gasteiger partial charge in [0.2, 0.25) is 0 Å². The van der Waals surface area contributed by atoms with Crippen LogP contribution in [0.3, 0.4) is 0 Å². The molecule has 1 rings (SSSR count). The molecule has 2 N–H and O–H groups in total. The summed E-state index contributed by atoms with van der Waals surface area (Å²) in [4.78, 5) is 21.8. The maximum absolute atomic E-state index is 11.7. The van der Waals surface area contributed by atoms with Crippen LogP contribution in [-0.2, 0) is 9.53 Å². The summed E-state index contributed by atoms with van der Waals surface area (Å²) in [6, 6.07) is 5.53. The first-order valence-corrected chi connectivity index (χ1v) is 6.45. The molecular weight excluding hydrogens is 312 g/mol. The molecule has 1 aromatic carbocycles. The summed E-state index contributed by atoms with van der Waals surface area (Å²) in [7, 11) is 1.49. The van der Waals surface area contributed by atoms with Crippen LogP contribution < -0.4 is 10.6 Å². The lowest BCUT2D eigenvalue weighted by molar-refractivity contribution is -0.384. The summed E-state index contributed by atoms with van der Waals surface area (Å²) in [6.07, 6.45) is 1.13. The number of hydrogen-bond acceptors (Lipinski definition) is 6. The van der Waals surface area contributed by atoms with Gasteiger partial charge in [0.15, 0.2) is 0 Å². The first-order chi connectivity index (χ1) is 10.5. The summed E-state index contributed by atoms with van der Waals surface area (Å²) in [5.41, 5.74) is -0.143. The predicted octanol–water partition coefficient (Wildman–Crippen LogP) is 1.83. The number of nitro benzene ring substituents is 1. The number of ether oxygens (including phenoxy) is 1. The number of nitriles is 1. The highest BCUT2D eigenvalue weighted by molar-refractivity contribution is 6.33. The largest absolute Gasteiger partial charge is 0.383 e. The predicted molar refractivity (Wildman–Crippen MR) is 80.3 cm³/mol. The standard InChI is InChI=1S/C13H13ClN4O4/c1-22-5-4-16-13(19)9(7-15)8-17-12-6-10(18(20)21)2-3-11(12)14/h2-3,6,8,17H,4-5H2,1H3,(H,16,19)/b9-8-. The molecule has 0 unspecified atom stereocenters. The molecule has 0 spiro atoms. The van der Waals surface area contributed by atoms with Gasteiger partial charge in [-0.1, -0.05) is 11.6 Å². The van der Waals surface area contributed by atoms with Crippen LogP contribution in [0.25, 0.3) is 0 Å². The van der Waals surface area contributed by atoms with Crippen molar-refractivity contribution in [2.24, 2.45) is 0 Å². The number of anilines is 1. The van der Waals surface area contributed by atoms with E-state index in [-0.39, 0.29) is 28.5 Å². The molecule has 1 amide bonds. The molecule has 0 aromatic heterocycles. The van der Waals surface area contributed by atoms with E-state index in [1.807, 2.05) is 0 Å². The fourth-order valence-corrected chi connectivity index (χ4v) is 1.57. The number of amides is 1. The van der Waals surface area contributed by atoms with Crippen LogP contribution in [0.4, 0.5) is 11.4 Å². The zero-order valence-electron chi connectivity index (χ0n) is 11.6. The first-order valence-electron chi connectivity index (χ1n) is 6.07. The van der Waals surface area contributed by atoms with E-state index in [1.165, 1.54) is 25.3 Å². The lowest BCUT2D eigenvalue weighted by Crippen LogP contribution is -2.28. The average Bonchev–Trinajstić information content (AvgIpc) is 2.49. The second kappa shape index (κ2) is 8.61. The molecule has 0 radical (unpaired) electrons. The van der Waals surface area contributed by atoms with Gasteiger partial charge >= 0.3 is 0 Å². The molecule has 1 aromatic rings. The number of non-ortho nitro benzene ring substituents is 1. The number of rotatable bonds is 7. The van der Waals surface area contributed by atoms with Crippen molar-refractivity contribution in [3.63, 3.8) is 0 Å². The molecule has 8 nitrogen and oxygen atoms in total. The molecule has 0 aliphatic heterocycles. The molecule has 0 saturated carbocycles. The van der Waals surface area contributed by atoms with Crippen LogP contribution in [0.15, 0.2) is 30.0 Å². The molecular formula is C13H13ClN4O4. The van der Waals surface area contributed by atoms with Gasteiger partial charge in [0, 0.05) is 32.0 Å². The molecule has 0 bridgehead atoms. The minimum absolute atomic E-state index is 0.164. The number of hydrogen-bond donors (Lipinski definition) is 2. The fourth-order valence-electron chi connectivity index (χ4n) is 1.40. The van der Waals surface area contributed by atoms with E-state index in [1.54, 1.807) is 6.07 Å². The molecule has 0 heterocycles. The number of methoxy groups -OCH3 is 1. The Morgan fingerprint density at radius 2 is 2.32 bits per heavy atom. The molecule has 116 valence electrons. The minimum atomic E-state index is -0.589. The Morgan fingerprint density at radius 3 is 2.91 bits per heavy atom. The van der Waals surface area contributed by atoms with E-state index in [4.69, 9.17) is 21.6 Å². The second-order valence-electron chi connectivity index (χ2n) is 3.98. The molecule has 0 aliphatic rings. The molecule has 0 saturated heterocycles. The van der Waals surface area contributed by atoms with Gasteiger partial charge < -0.3 is 15.4 Å². The van der Waals surface area contributed by atoms with Crippen LogP contribution in [0, 0.1) is 21.4 Å². The normalized spacial score (nSPS) is 10.7. The minimum Gasteiger partial charge on any atom is -0.383 e. The van der Waals surface area contributed by atoms with E-state index in [9.17, 15) is 14.9 Å².